The fourth-order valence-electron chi connectivity index (χ4n) is 3.63. The minimum Gasteiger partial charge on any atom is -0.339 e. The average Bonchev–Trinajstić information content (AvgIpc) is 2.43. The van der Waals surface area contributed by atoms with Gasteiger partial charge in [0.25, 0.3) is 0 Å². The van der Waals surface area contributed by atoms with E-state index in [1.54, 1.807) is 0 Å². The molecule has 1 saturated heterocycles. The quantitative estimate of drug-likeness (QED) is 0.833. The van der Waals surface area contributed by atoms with Crippen LogP contribution in [0.5, 0.6) is 0 Å². The molecule has 1 amide bonds. The second-order valence-electron chi connectivity index (χ2n) is 5.99. The predicted octanol–water partition coefficient (Wildman–Crippen LogP) is 2.41. The normalized spacial score (nSPS) is 29.8. The number of carbonyl (C=O) groups is 1. The number of amides is 1. The van der Waals surface area contributed by atoms with E-state index in [-0.39, 0.29) is 5.92 Å². The molecule has 1 N–H and O–H groups in total. The zero-order valence-corrected chi connectivity index (χ0v) is 12.0. The van der Waals surface area contributed by atoms with Crippen molar-refractivity contribution in [3.63, 3.8) is 0 Å². The topological polar surface area (TPSA) is 32.3 Å². The van der Waals surface area contributed by atoms with Gasteiger partial charge < -0.3 is 10.2 Å². The lowest BCUT2D eigenvalue weighted by Crippen LogP contribution is -2.52. The number of hydrogen-bond donors (Lipinski definition) is 1. The highest BCUT2D eigenvalue weighted by Crippen LogP contribution is 2.35. The van der Waals surface area contributed by atoms with Crippen molar-refractivity contribution in [3.05, 3.63) is 0 Å². The molecular formula is C15H28N2O. The zero-order chi connectivity index (χ0) is 13.0. The summed E-state index contributed by atoms with van der Waals surface area (Å²) >= 11 is 0. The monoisotopic (exact) mass is 252 g/mol. The van der Waals surface area contributed by atoms with E-state index in [4.69, 9.17) is 0 Å². The van der Waals surface area contributed by atoms with Crippen molar-refractivity contribution in [3.8, 4) is 0 Å². The van der Waals surface area contributed by atoms with Crippen molar-refractivity contribution in [1.29, 1.82) is 0 Å². The fraction of sp³-hybridized carbons (Fsp3) is 0.933. The van der Waals surface area contributed by atoms with E-state index in [2.05, 4.69) is 24.1 Å². The SMILES string of the molecule is CCNCC(C)C(=O)N1CCCC2CCCCC21. The fourth-order valence-corrected chi connectivity index (χ4v) is 3.63. The molecule has 0 radical (unpaired) electrons. The summed E-state index contributed by atoms with van der Waals surface area (Å²) in [5.41, 5.74) is 0. The first-order valence-corrected chi connectivity index (χ1v) is 7.75. The lowest BCUT2D eigenvalue weighted by atomic mass is 9.78. The van der Waals surface area contributed by atoms with Gasteiger partial charge in [-0.1, -0.05) is 26.7 Å². The number of likely N-dealkylation sites (tertiary alicyclic amines) is 1. The Balaban J connectivity index is 1.95. The summed E-state index contributed by atoms with van der Waals surface area (Å²) in [6.45, 7) is 6.93. The van der Waals surface area contributed by atoms with E-state index in [0.717, 1.165) is 25.6 Å². The Bertz CT molecular complexity index is 278. The Morgan fingerprint density at radius 1 is 1.28 bits per heavy atom. The van der Waals surface area contributed by atoms with Crippen molar-refractivity contribution in [2.75, 3.05) is 19.6 Å². The van der Waals surface area contributed by atoms with E-state index in [1.807, 2.05) is 0 Å². The van der Waals surface area contributed by atoms with E-state index in [0.29, 0.717) is 11.9 Å². The highest BCUT2D eigenvalue weighted by Gasteiger charge is 2.36. The highest BCUT2D eigenvalue weighted by atomic mass is 16.2. The number of piperidine rings is 1. The smallest absolute Gasteiger partial charge is 0.226 e. The van der Waals surface area contributed by atoms with Gasteiger partial charge in [-0.3, -0.25) is 4.79 Å². The highest BCUT2D eigenvalue weighted by molar-refractivity contribution is 5.79. The van der Waals surface area contributed by atoms with Crippen LogP contribution in [-0.2, 0) is 4.79 Å². The van der Waals surface area contributed by atoms with Crippen LogP contribution in [0.15, 0.2) is 0 Å². The van der Waals surface area contributed by atoms with E-state index >= 15 is 0 Å². The third kappa shape index (κ3) is 3.05. The molecule has 1 aliphatic heterocycles. The van der Waals surface area contributed by atoms with Crippen LogP contribution in [0.2, 0.25) is 0 Å². The van der Waals surface area contributed by atoms with Crippen LogP contribution in [0.1, 0.15) is 52.4 Å². The lowest BCUT2D eigenvalue weighted by molar-refractivity contribution is -0.141. The van der Waals surface area contributed by atoms with Crippen molar-refractivity contribution in [2.45, 2.75) is 58.4 Å². The van der Waals surface area contributed by atoms with Crippen molar-refractivity contribution >= 4 is 5.91 Å². The maximum atomic E-state index is 12.5. The zero-order valence-electron chi connectivity index (χ0n) is 12.0. The molecule has 1 saturated carbocycles. The van der Waals surface area contributed by atoms with Crippen LogP contribution in [-0.4, -0.2) is 36.5 Å². The van der Waals surface area contributed by atoms with Gasteiger partial charge in [-0.25, -0.2) is 0 Å². The molecule has 1 aliphatic carbocycles. The number of carbonyl (C=O) groups excluding carboxylic acids is 1. The standard InChI is InChI=1S/C15H28N2O/c1-3-16-11-12(2)15(18)17-10-6-8-13-7-4-5-9-14(13)17/h12-14,16H,3-11H2,1-2H3. The number of nitrogens with zero attached hydrogens (tertiary/aromatic N) is 1. The molecule has 18 heavy (non-hydrogen) atoms. The molecule has 1 heterocycles. The second-order valence-corrected chi connectivity index (χ2v) is 5.99. The van der Waals surface area contributed by atoms with Gasteiger partial charge in [0.2, 0.25) is 5.91 Å². The number of fused-ring (bicyclic) bond motifs is 1. The average molecular weight is 252 g/mol. The first-order valence-electron chi connectivity index (χ1n) is 7.75. The Morgan fingerprint density at radius 2 is 2.00 bits per heavy atom. The molecule has 2 fully saturated rings. The number of nitrogens with one attached hydrogen (secondary N) is 1. The summed E-state index contributed by atoms with van der Waals surface area (Å²) in [7, 11) is 0. The van der Waals surface area contributed by atoms with E-state index < -0.39 is 0 Å². The maximum Gasteiger partial charge on any atom is 0.226 e. The molecular weight excluding hydrogens is 224 g/mol. The largest absolute Gasteiger partial charge is 0.339 e. The van der Waals surface area contributed by atoms with E-state index in [1.165, 1.54) is 38.5 Å². The van der Waals surface area contributed by atoms with Crippen LogP contribution >= 0.6 is 0 Å². The summed E-state index contributed by atoms with van der Waals surface area (Å²) in [5, 5.41) is 3.29. The molecule has 0 spiro atoms. The molecule has 2 rings (SSSR count). The third-order valence-corrected chi connectivity index (χ3v) is 4.65. The van der Waals surface area contributed by atoms with Crippen LogP contribution < -0.4 is 5.32 Å². The Labute approximate surface area is 111 Å². The molecule has 2 aliphatic rings. The van der Waals surface area contributed by atoms with Crippen molar-refractivity contribution < 1.29 is 4.79 Å². The van der Waals surface area contributed by atoms with Crippen LogP contribution in [0.3, 0.4) is 0 Å². The molecule has 3 unspecified atom stereocenters. The first-order chi connectivity index (χ1) is 8.74. The minimum atomic E-state index is 0.130. The minimum absolute atomic E-state index is 0.130. The Morgan fingerprint density at radius 3 is 2.78 bits per heavy atom. The molecule has 104 valence electrons. The summed E-state index contributed by atoms with van der Waals surface area (Å²) < 4.78 is 0. The molecule has 0 aromatic heterocycles. The van der Waals surface area contributed by atoms with Crippen molar-refractivity contribution in [2.24, 2.45) is 11.8 Å². The van der Waals surface area contributed by atoms with E-state index in [9.17, 15) is 4.79 Å². The first kappa shape index (κ1) is 13.9. The predicted molar refractivity (Wildman–Crippen MR) is 74.4 cm³/mol. The second kappa shape index (κ2) is 6.55. The summed E-state index contributed by atoms with van der Waals surface area (Å²) in [4.78, 5) is 14.8. The molecule has 0 aromatic rings. The Kier molecular flexibility index (Phi) is 5.04. The van der Waals surface area contributed by atoms with Gasteiger partial charge in [0, 0.05) is 25.0 Å². The van der Waals surface area contributed by atoms with Gasteiger partial charge in [0.1, 0.15) is 0 Å². The maximum absolute atomic E-state index is 12.5. The number of rotatable bonds is 4. The summed E-state index contributed by atoms with van der Waals surface area (Å²) in [6, 6.07) is 0.559. The molecule has 3 heteroatoms. The van der Waals surface area contributed by atoms with Gasteiger partial charge >= 0.3 is 0 Å². The van der Waals surface area contributed by atoms with Crippen LogP contribution in [0.4, 0.5) is 0 Å². The van der Waals surface area contributed by atoms with Crippen molar-refractivity contribution in [1.82, 2.24) is 10.2 Å². The third-order valence-electron chi connectivity index (χ3n) is 4.65. The molecule has 0 bridgehead atoms. The molecule has 3 nitrogen and oxygen atoms in total. The molecule has 3 atom stereocenters. The number of hydrogen-bond acceptors (Lipinski definition) is 2. The Hall–Kier alpha value is -0.570. The summed E-state index contributed by atoms with van der Waals surface area (Å²) in [6.07, 6.45) is 7.82. The van der Waals surface area contributed by atoms with Gasteiger partial charge in [-0.15, -0.1) is 0 Å². The van der Waals surface area contributed by atoms with Gasteiger partial charge in [0.15, 0.2) is 0 Å². The lowest BCUT2D eigenvalue weighted by Gasteiger charge is -2.45. The van der Waals surface area contributed by atoms with Crippen LogP contribution in [0.25, 0.3) is 0 Å². The summed E-state index contributed by atoms with van der Waals surface area (Å²) in [5.74, 6) is 1.31. The van der Waals surface area contributed by atoms with Gasteiger partial charge in [-0.2, -0.15) is 0 Å². The van der Waals surface area contributed by atoms with Crippen LogP contribution in [0, 0.1) is 11.8 Å². The van der Waals surface area contributed by atoms with Gasteiger partial charge in [0.05, 0.1) is 0 Å². The molecule has 0 aromatic carbocycles. The van der Waals surface area contributed by atoms with Gasteiger partial charge in [-0.05, 0) is 38.1 Å².